The van der Waals surface area contributed by atoms with E-state index in [0.29, 0.717) is 77.9 Å². The van der Waals surface area contributed by atoms with Gasteiger partial charge in [0.05, 0.1) is 30.3 Å². The molecular weight excluding hydrogens is 699 g/mol. The van der Waals surface area contributed by atoms with Crippen molar-refractivity contribution in [2.75, 3.05) is 0 Å². The molecule has 0 spiro atoms. The Labute approximate surface area is 335 Å². The van der Waals surface area contributed by atoms with Crippen molar-refractivity contribution in [1.29, 1.82) is 0 Å². The van der Waals surface area contributed by atoms with Gasteiger partial charge in [0.1, 0.15) is 11.2 Å². The first-order valence-electron chi connectivity index (χ1n) is 21.6. The quantitative estimate of drug-likeness (QED) is 0.177. The molecule has 57 heavy (non-hydrogen) atoms. The summed E-state index contributed by atoms with van der Waals surface area (Å²) in [5.74, 6) is 1.61. The smallest absolute Gasteiger partial charge is 0.164 e. The van der Waals surface area contributed by atoms with Crippen LogP contribution in [0.5, 0.6) is 0 Å². The van der Waals surface area contributed by atoms with E-state index in [1.807, 2.05) is 137 Å². The van der Waals surface area contributed by atoms with Gasteiger partial charge in [-0.2, -0.15) is 0 Å². The molecular formula is C51H31N5O. The first-order chi connectivity index (χ1) is 30.7. The van der Waals surface area contributed by atoms with Crippen LogP contribution < -0.4 is 0 Å². The predicted molar refractivity (Wildman–Crippen MR) is 232 cm³/mol. The van der Waals surface area contributed by atoms with Crippen LogP contribution in [0.3, 0.4) is 0 Å². The number of fused-ring (bicyclic) bond motifs is 10. The molecule has 0 N–H and O–H groups in total. The number of aromatic nitrogens is 5. The molecule has 8 aromatic carbocycles. The average molecular weight is 736 g/mol. The topological polar surface area (TPSA) is 61.7 Å². The van der Waals surface area contributed by atoms with Crippen LogP contribution in [0.25, 0.3) is 111 Å². The second-order valence-electron chi connectivity index (χ2n) is 14.0. The maximum absolute atomic E-state index is 9.54. The molecule has 0 saturated carbocycles. The average Bonchev–Trinajstić information content (AvgIpc) is 3.96. The standard InChI is InChI=1S/C51H31N5O/c1-4-14-32(15-5-1)49-52-50(33-16-6-2-7-17-33)54-51(53-49)34-24-26-39-42-31-36(25-29-45(42)57-46(39)30-34)56-44-23-13-11-21-38(44)41-28-27-40-37-20-10-12-22-43(37)55(47(40)48(41)56)35-18-8-3-9-19-35/h1-31H/i10D,11D,22D,23D,27D,28D. The number of hydrogen-bond acceptors (Lipinski definition) is 4. The van der Waals surface area contributed by atoms with E-state index in [9.17, 15) is 4.11 Å². The maximum Gasteiger partial charge on any atom is 0.164 e. The van der Waals surface area contributed by atoms with Crippen molar-refractivity contribution in [3.05, 3.63) is 188 Å². The zero-order chi connectivity index (χ0) is 42.7. The van der Waals surface area contributed by atoms with Crippen LogP contribution in [0.2, 0.25) is 0 Å². The number of para-hydroxylation sites is 3. The summed E-state index contributed by atoms with van der Waals surface area (Å²) in [4.78, 5) is 14.7. The zero-order valence-electron chi connectivity index (χ0n) is 36.1. The fraction of sp³-hybridized carbons (Fsp3) is 0. The number of benzene rings is 8. The Kier molecular flexibility index (Phi) is 5.64. The Bertz CT molecular complexity index is 3810. The second-order valence-corrected chi connectivity index (χ2v) is 14.0. The monoisotopic (exact) mass is 735 g/mol. The minimum atomic E-state index is -0.0631. The number of rotatable bonds is 5. The summed E-state index contributed by atoms with van der Waals surface area (Å²) >= 11 is 0. The predicted octanol–water partition coefficient (Wildman–Crippen LogP) is 13.0. The van der Waals surface area contributed by atoms with Crippen molar-refractivity contribution in [2.45, 2.75) is 0 Å². The first-order valence-corrected chi connectivity index (χ1v) is 18.6. The molecule has 12 rings (SSSR count). The fourth-order valence-corrected chi connectivity index (χ4v) is 8.12. The van der Waals surface area contributed by atoms with E-state index < -0.39 is 0 Å². The molecule has 6 nitrogen and oxygen atoms in total. The minimum absolute atomic E-state index is 0.0554. The highest BCUT2D eigenvalue weighted by molar-refractivity contribution is 6.24. The molecule has 0 saturated heterocycles. The van der Waals surface area contributed by atoms with E-state index in [2.05, 4.69) is 0 Å². The normalized spacial score (nSPS) is 13.3. The second kappa shape index (κ2) is 12.3. The summed E-state index contributed by atoms with van der Waals surface area (Å²) in [7, 11) is 0. The van der Waals surface area contributed by atoms with Crippen LogP contribution in [0.15, 0.2) is 192 Å². The van der Waals surface area contributed by atoms with Crippen molar-refractivity contribution in [3.63, 3.8) is 0 Å². The third kappa shape index (κ3) is 4.87. The molecule has 0 aliphatic carbocycles. The molecule has 4 heterocycles. The van der Waals surface area contributed by atoms with Gasteiger partial charge in [-0.3, -0.25) is 0 Å². The SMILES string of the molecule is [2H]c1cc([2H])c2c(c1)c1c([2H])c([2H])c3c4cc([2H])cc([2H])c4n(-c4ccc5oc6cc(-c7nc(-c8ccccc8)nc(-c8ccccc8)n7)ccc6c5c4)c3c1n2-c1ccccc1. The van der Waals surface area contributed by atoms with Gasteiger partial charge in [0.15, 0.2) is 17.5 Å². The summed E-state index contributed by atoms with van der Waals surface area (Å²) in [5.41, 5.74) is 7.27. The van der Waals surface area contributed by atoms with Gasteiger partial charge in [-0.25, -0.2) is 15.0 Å². The zero-order valence-corrected chi connectivity index (χ0v) is 30.1. The summed E-state index contributed by atoms with van der Waals surface area (Å²) in [5, 5.41) is 3.54. The van der Waals surface area contributed by atoms with Gasteiger partial charge in [-0.1, -0.05) is 133 Å². The van der Waals surface area contributed by atoms with E-state index >= 15 is 0 Å². The molecule has 0 unspecified atom stereocenters. The summed E-state index contributed by atoms with van der Waals surface area (Å²) in [6.07, 6.45) is 0. The van der Waals surface area contributed by atoms with Crippen molar-refractivity contribution in [3.8, 4) is 45.5 Å². The molecule has 4 aromatic heterocycles. The first kappa shape index (κ1) is 26.1. The van der Waals surface area contributed by atoms with Crippen LogP contribution in [0.4, 0.5) is 0 Å². The molecule has 6 heteroatoms. The molecule has 12 aromatic rings. The van der Waals surface area contributed by atoms with E-state index in [1.54, 1.807) is 12.1 Å². The summed E-state index contributed by atoms with van der Waals surface area (Å²) in [6, 6.07) is 47.6. The minimum Gasteiger partial charge on any atom is -0.456 e. The van der Waals surface area contributed by atoms with Gasteiger partial charge in [0, 0.05) is 60.4 Å². The lowest BCUT2D eigenvalue weighted by Crippen LogP contribution is -2.00. The maximum atomic E-state index is 9.54. The largest absolute Gasteiger partial charge is 0.456 e. The van der Waals surface area contributed by atoms with E-state index in [0.717, 1.165) is 33.2 Å². The molecule has 0 bridgehead atoms. The van der Waals surface area contributed by atoms with Gasteiger partial charge >= 0.3 is 0 Å². The highest BCUT2D eigenvalue weighted by atomic mass is 16.3. The highest BCUT2D eigenvalue weighted by Crippen LogP contribution is 2.42. The fourth-order valence-electron chi connectivity index (χ4n) is 8.12. The molecule has 0 fully saturated rings. The Morgan fingerprint density at radius 3 is 1.53 bits per heavy atom. The summed E-state index contributed by atoms with van der Waals surface area (Å²) in [6.45, 7) is 0. The lowest BCUT2D eigenvalue weighted by Gasteiger charge is -2.12. The van der Waals surface area contributed by atoms with Gasteiger partial charge in [-0.15, -0.1) is 0 Å². The number of furan rings is 1. The highest BCUT2D eigenvalue weighted by Gasteiger charge is 2.22. The Balaban J connectivity index is 1.13. The molecule has 266 valence electrons. The van der Waals surface area contributed by atoms with Crippen molar-refractivity contribution < 1.29 is 12.6 Å². The molecule has 0 amide bonds. The summed E-state index contributed by atoms with van der Waals surface area (Å²) < 4.78 is 65.1. The van der Waals surface area contributed by atoms with Crippen molar-refractivity contribution in [2.24, 2.45) is 0 Å². The third-order valence-electron chi connectivity index (χ3n) is 10.7. The number of hydrogen-bond donors (Lipinski definition) is 0. The van der Waals surface area contributed by atoms with Gasteiger partial charge in [-0.05, 0) is 54.5 Å². The van der Waals surface area contributed by atoms with Crippen molar-refractivity contribution >= 4 is 65.6 Å². The molecule has 0 radical (unpaired) electrons. The Morgan fingerprint density at radius 1 is 0.386 bits per heavy atom. The van der Waals surface area contributed by atoms with E-state index in [4.69, 9.17) is 23.5 Å². The van der Waals surface area contributed by atoms with Crippen molar-refractivity contribution in [1.82, 2.24) is 24.1 Å². The lowest BCUT2D eigenvalue weighted by molar-refractivity contribution is 0.669. The lowest BCUT2D eigenvalue weighted by atomic mass is 10.1. The Hall–Kier alpha value is -7.83. The Morgan fingerprint density at radius 2 is 0.930 bits per heavy atom. The molecule has 0 aliphatic heterocycles. The van der Waals surface area contributed by atoms with Crippen LogP contribution in [0, 0.1) is 0 Å². The van der Waals surface area contributed by atoms with Gasteiger partial charge < -0.3 is 13.6 Å². The number of nitrogens with zero attached hydrogens (tertiary/aromatic N) is 5. The van der Waals surface area contributed by atoms with E-state index in [1.165, 1.54) is 12.1 Å². The van der Waals surface area contributed by atoms with Crippen LogP contribution in [-0.2, 0) is 0 Å². The molecule has 0 aliphatic rings. The third-order valence-corrected chi connectivity index (χ3v) is 10.7. The molecule has 0 atom stereocenters. The van der Waals surface area contributed by atoms with Crippen LogP contribution in [0.1, 0.15) is 8.22 Å². The van der Waals surface area contributed by atoms with Crippen LogP contribution >= 0.6 is 0 Å². The van der Waals surface area contributed by atoms with Crippen LogP contribution in [-0.4, -0.2) is 24.1 Å². The van der Waals surface area contributed by atoms with E-state index in [-0.39, 0.29) is 36.3 Å². The van der Waals surface area contributed by atoms with Gasteiger partial charge in [0.25, 0.3) is 0 Å². The van der Waals surface area contributed by atoms with Gasteiger partial charge in [0.2, 0.25) is 0 Å².